The molecule has 104 valence electrons. The molecule has 2 rings (SSSR count). The number of rotatable bonds is 4. The third-order valence-corrected chi connectivity index (χ3v) is 3.82. The van der Waals surface area contributed by atoms with Gasteiger partial charge in [-0.1, -0.05) is 26.0 Å². The molecule has 0 aliphatic heterocycles. The summed E-state index contributed by atoms with van der Waals surface area (Å²) >= 11 is 0. The van der Waals surface area contributed by atoms with Crippen molar-refractivity contribution in [3.05, 3.63) is 29.8 Å². The summed E-state index contributed by atoms with van der Waals surface area (Å²) in [4.78, 5) is 11.0. The predicted octanol–water partition coefficient (Wildman–Crippen LogP) is 3.83. The molecule has 1 aromatic rings. The molecule has 0 unspecified atom stereocenters. The van der Waals surface area contributed by atoms with Gasteiger partial charge in [0.1, 0.15) is 5.75 Å². The van der Waals surface area contributed by atoms with Crippen LogP contribution in [0, 0.1) is 5.92 Å². The monoisotopic (exact) mass is 262 g/mol. The highest BCUT2D eigenvalue weighted by Crippen LogP contribution is 2.28. The van der Waals surface area contributed by atoms with Crippen LogP contribution >= 0.6 is 0 Å². The van der Waals surface area contributed by atoms with Crippen LogP contribution in [0.3, 0.4) is 0 Å². The van der Waals surface area contributed by atoms with Gasteiger partial charge in [-0.15, -0.1) is 0 Å². The molecule has 1 N–H and O–H groups in total. The number of benzene rings is 1. The fourth-order valence-electron chi connectivity index (χ4n) is 2.60. The minimum Gasteiger partial charge on any atom is -0.490 e. The number of carboxylic acids is 1. The van der Waals surface area contributed by atoms with Crippen LogP contribution in [-0.4, -0.2) is 17.2 Å². The quantitative estimate of drug-likeness (QED) is 0.897. The molecule has 0 radical (unpaired) electrons. The lowest BCUT2D eigenvalue weighted by Crippen LogP contribution is -2.29. The van der Waals surface area contributed by atoms with Gasteiger partial charge in [0.15, 0.2) is 0 Å². The van der Waals surface area contributed by atoms with Crippen LogP contribution in [0.4, 0.5) is 0 Å². The minimum absolute atomic E-state index is 0.0414. The SMILES string of the molecule is CC(C)c1ccc(O[C@H]2CCC[C@H](C(=O)O)C2)cc1. The van der Waals surface area contributed by atoms with Crippen LogP contribution in [0.2, 0.25) is 0 Å². The maximum absolute atomic E-state index is 11.0. The van der Waals surface area contributed by atoms with E-state index in [-0.39, 0.29) is 12.0 Å². The first kappa shape index (κ1) is 13.9. The maximum atomic E-state index is 11.0. The topological polar surface area (TPSA) is 46.5 Å². The van der Waals surface area contributed by atoms with Gasteiger partial charge in [-0.25, -0.2) is 0 Å². The predicted molar refractivity (Wildman–Crippen MR) is 74.5 cm³/mol. The number of aliphatic carboxylic acids is 1. The van der Waals surface area contributed by atoms with E-state index in [1.165, 1.54) is 5.56 Å². The Hall–Kier alpha value is -1.51. The Bertz CT molecular complexity index is 422. The highest BCUT2D eigenvalue weighted by Gasteiger charge is 2.28. The van der Waals surface area contributed by atoms with Crippen molar-refractivity contribution in [1.82, 2.24) is 0 Å². The second-order valence-corrected chi connectivity index (χ2v) is 5.67. The van der Waals surface area contributed by atoms with Gasteiger partial charge in [-0.05, 0) is 49.3 Å². The fraction of sp³-hybridized carbons (Fsp3) is 0.562. The lowest BCUT2D eigenvalue weighted by molar-refractivity contribution is -0.143. The zero-order valence-corrected chi connectivity index (χ0v) is 11.6. The van der Waals surface area contributed by atoms with Crippen LogP contribution in [0.1, 0.15) is 51.0 Å². The molecule has 2 atom stereocenters. The molecule has 1 aromatic carbocycles. The van der Waals surface area contributed by atoms with Gasteiger partial charge in [0.25, 0.3) is 0 Å². The molecule has 0 spiro atoms. The third-order valence-electron chi connectivity index (χ3n) is 3.82. The Morgan fingerprint density at radius 1 is 1.26 bits per heavy atom. The van der Waals surface area contributed by atoms with Crippen molar-refractivity contribution in [1.29, 1.82) is 0 Å². The summed E-state index contributed by atoms with van der Waals surface area (Å²) in [5.41, 5.74) is 1.29. The van der Waals surface area contributed by atoms with Gasteiger partial charge < -0.3 is 9.84 Å². The van der Waals surface area contributed by atoms with E-state index in [2.05, 4.69) is 26.0 Å². The first-order valence-electron chi connectivity index (χ1n) is 7.05. The molecule has 1 aliphatic carbocycles. The van der Waals surface area contributed by atoms with Gasteiger partial charge >= 0.3 is 5.97 Å². The number of hydrogen-bond acceptors (Lipinski definition) is 2. The van der Waals surface area contributed by atoms with Crippen molar-refractivity contribution in [3.8, 4) is 5.75 Å². The van der Waals surface area contributed by atoms with Crippen LogP contribution in [0.25, 0.3) is 0 Å². The van der Waals surface area contributed by atoms with E-state index in [0.29, 0.717) is 12.3 Å². The Morgan fingerprint density at radius 3 is 2.53 bits per heavy atom. The highest BCUT2D eigenvalue weighted by molar-refractivity contribution is 5.70. The van der Waals surface area contributed by atoms with Crippen molar-refractivity contribution in [2.24, 2.45) is 5.92 Å². The molecule has 0 heterocycles. The fourth-order valence-corrected chi connectivity index (χ4v) is 2.60. The van der Waals surface area contributed by atoms with E-state index in [9.17, 15) is 4.79 Å². The smallest absolute Gasteiger partial charge is 0.306 e. The maximum Gasteiger partial charge on any atom is 0.306 e. The standard InChI is InChI=1S/C16H22O3/c1-11(2)12-6-8-14(9-7-12)19-15-5-3-4-13(10-15)16(17)18/h6-9,11,13,15H,3-5,10H2,1-2H3,(H,17,18)/t13-,15-/m0/s1. The second kappa shape index (κ2) is 6.09. The summed E-state index contributed by atoms with van der Waals surface area (Å²) in [5.74, 6) is 0.428. The molecule has 0 amide bonds. The van der Waals surface area contributed by atoms with Crippen molar-refractivity contribution in [3.63, 3.8) is 0 Å². The average molecular weight is 262 g/mol. The van der Waals surface area contributed by atoms with Crippen LogP contribution in [0.15, 0.2) is 24.3 Å². The van der Waals surface area contributed by atoms with E-state index in [1.54, 1.807) is 0 Å². The first-order valence-corrected chi connectivity index (χ1v) is 7.05. The van der Waals surface area contributed by atoms with E-state index in [1.807, 2.05) is 12.1 Å². The normalized spacial score (nSPS) is 23.3. The van der Waals surface area contributed by atoms with Crippen molar-refractivity contribution in [2.75, 3.05) is 0 Å². The summed E-state index contributed by atoms with van der Waals surface area (Å²) in [6.07, 6.45) is 3.34. The van der Waals surface area contributed by atoms with Gasteiger partial charge in [0, 0.05) is 0 Å². The van der Waals surface area contributed by atoms with E-state index < -0.39 is 5.97 Å². The number of hydrogen-bond donors (Lipinski definition) is 1. The summed E-state index contributed by atoms with van der Waals surface area (Å²) in [6.45, 7) is 4.32. The summed E-state index contributed by atoms with van der Waals surface area (Å²) in [5, 5.41) is 9.06. The molecule has 1 fully saturated rings. The van der Waals surface area contributed by atoms with Crippen LogP contribution < -0.4 is 4.74 Å². The van der Waals surface area contributed by atoms with Crippen molar-refractivity contribution >= 4 is 5.97 Å². The average Bonchev–Trinajstić information content (AvgIpc) is 2.39. The largest absolute Gasteiger partial charge is 0.490 e. The van der Waals surface area contributed by atoms with Gasteiger partial charge in [-0.3, -0.25) is 4.79 Å². The Labute approximate surface area is 114 Å². The molecule has 0 aromatic heterocycles. The van der Waals surface area contributed by atoms with Crippen LogP contribution in [-0.2, 0) is 4.79 Å². The van der Waals surface area contributed by atoms with Crippen LogP contribution in [0.5, 0.6) is 5.75 Å². The summed E-state index contributed by atoms with van der Waals surface area (Å²) in [7, 11) is 0. The molecular weight excluding hydrogens is 240 g/mol. The Kier molecular flexibility index (Phi) is 4.46. The van der Waals surface area contributed by atoms with E-state index >= 15 is 0 Å². The lowest BCUT2D eigenvalue weighted by Gasteiger charge is -2.27. The zero-order chi connectivity index (χ0) is 13.8. The number of ether oxygens (including phenoxy) is 1. The zero-order valence-electron chi connectivity index (χ0n) is 11.6. The second-order valence-electron chi connectivity index (χ2n) is 5.67. The summed E-state index contributed by atoms with van der Waals surface area (Å²) in [6, 6.07) is 8.13. The molecule has 1 aliphatic rings. The van der Waals surface area contributed by atoms with E-state index in [4.69, 9.17) is 9.84 Å². The Morgan fingerprint density at radius 2 is 1.95 bits per heavy atom. The molecule has 0 saturated heterocycles. The third kappa shape index (κ3) is 3.72. The highest BCUT2D eigenvalue weighted by atomic mass is 16.5. The number of carboxylic acid groups (broad SMARTS) is 1. The lowest BCUT2D eigenvalue weighted by atomic mass is 9.87. The van der Waals surface area contributed by atoms with Crippen molar-refractivity contribution in [2.45, 2.75) is 51.6 Å². The minimum atomic E-state index is -0.691. The van der Waals surface area contributed by atoms with Gasteiger partial charge in [0.2, 0.25) is 0 Å². The molecule has 1 saturated carbocycles. The molecule has 3 nitrogen and oxygen atoms in total. The molecular formula is C16H22O3. The molecule has 3 heteroatoms. The summed E-state index contributed by atoms with van der Waals surface area (Å²) < 4.78 is 5.91. The molecule has 0 bridgehead atoms. The number of carbonyl (C=O) groups is 1. The van der Waals surface area contributed by atoms with Gasteiger partial charge in [-0.2, -0.15) is 0 Å². The van der Waals surface area contributed by atoms with Crippen molar-refractivity contribution < 1.29 is 14.6 Å². The van der Waals surface area contributed by atoms with Gasteiger partial charge in [0.05, 0.1) is 12.0 Å². The van der Waals surface area contributed by atoms with E-state index in [0.717, 1.165) is 25.0 Å². The first-order chi connectivity index (χ1) is 9.06. The Balaban J connectivity index is 1.95. The molecule has 19 heavy (non-hydrogen) atoms.